The fraction of sp³-hybridized carbons (Fsp3) is 0.0909. The molecule has 0 aliphatic rings. The van der Waals surface area contributed by atoms with E-state index in [2.05, 4.69) is 9.68 Å². The molecule has 0 bridgehead atoms. The Morgan fingerprint density at radius 1 is 1.27 bits per heavy atom. The Morgan fingerprint density at radius 3 is 2.73 bits per heavy atom. The highest BCUT2D eigenvalue weighted by molar-refractivity contribution is 5.74. The van der Waals surface area contributed by atoms with Crippen LogP contribution in [0.25, 0.3) is 0 Å². The quantitative estimate of drug-likeness (QED) is 0.564. The second-order valence-corrected chi connectivity index (χ2v) is 2.95. The zero-order valence-corrected chi connectivity index (χ0v) is 7.92. The summed E-state index contributed by atoms with van der Waals surface area (Å²) in [5.74, 6) is 0.182. The molecule has 0 N–H and O–H groups in total. The molecule has 0 atom stereocenters. The van der Waals surface area contributed by atoms with E-state index in [0.717, 1.165) is 0 Å². The highest BCUT2D eigenvalue weighted by atomic mass is 16.5. The van der Waals surface area contributed by atoms with Gasteiger partial charge >= 0.3 is 5.97 Å². The largest absolute Gasteiger partial charge is 0.426 e. The summed E-state index contributed by atoms with van der Waals surface area (Å²) >= 11 is 0. The van der Waals surface area contributed by atoms with Crippen LogP contribution in [0.15, 0.2) is 47.2 Å². The minimum absolute atomic E-state index is 0.116. The maximum atomic E-state index is 11.4. The molecule has 76 valence electrons. The van der Waals surface area contributed by atoms with Gasteiger partial charge in [0.25, 0.3) is 0 Å². The molecule has 2 rings (SSSR count). The lowest BCUT2D eigenvalue weighted by atomic mass is 10.3. The summed E-state index contributed by atoms with van der Waals surface area (Å²) in [6.45, 7) is 0. The number of hydrogen-bond acceptors (Lipinski definition) is 4. The molecule has 15 heavy (non-hydrogen) atoms. The smallest absolute Gasteiger partial charge is 0.317 e. The lowest BCUT2D eigenvalue weighted by Crippen LogP contribution is -2.11. The lowest BCUT2D eigenvalue weighted by Gasteiger charge is -2.01. The predicted octanol–water partition coefficient (Wildman–Crippen LogP) is 1.82. The molecule has 0 amide bonds. The van der Waals surface area contributed by atoms with Crippen LogP contribution in [0.5, 0.6) is 5.75 Å². The van der Waals surface area contributed by atoms with Gasteiger partial charge in [0.2, 0.25) is 0 Å². The summed E-state index contributed by atoms with van der Waals surface area (Å²) in [6.07, 6.45) is 1.54. The Kier molecular flexibility index (Phi) is 2.78. The Balaban J connectivity index is 1.94. The molecule has 0 fully saturated rings. The van der Waals surface area contributed by atoms with Crippen molar-refractivity contribution in [3.63, 3.8) is 0 Å². The molecule has 1 aromatic carbocycles. The molecule has 1 aromatic heterocycles. The molecule has 0 saturated carbocycles. The normalized spacial score (nSPS) is 9.87. The van der Waals surface area contributed by atoms with Crippen molar-refractivity contribution < 1.29 is 14.1 Å². The van der Waals surface area contributed by atoms with Crippen molar-refractivity contribution in [3.05, 3.63) is 48.4 Å². The number of hydrogen-bond donors (Lipinski definition) is 0. The van der Waals surface area contributed by atoms with Crippen molar-refractivity contribution in [2.24, 2.45) is 0 Å². The Morgan fingerprint density at radius 2 is 2.07 bits per heavy atom. The van der Waals surface area contributed by atoms with E-state index in [1.54, 1.807) is 30.3 Å². The second kappa shape index (κ2) is 4.41. The topological polar surface area (TPSA) is 52.3 Å². The average Bonchev–Trinajstić information content (AvgIpc) is 2.71. The molecule has 0 unspecified atom stereocenters. The Labute approximate surface area is 86.5 Å². The van der Waals surface area contributed by atoms with E-state index in [-0.39, 0.29) is 12.4 Å². The number of ether oxygens (including phenoxy) is 1. The summed E-state index contributed by atoms with van der Waals surface area (Å²) in [7, 11) is 0. The van der Waals surface area contributed by atoms with E-state index < -0.39 is 0 Å². The van der Waals surface area contributed by atoms with Gasteiger partial charge in [0.05, 0.1) is 12.1 Å². The molecule has 0 spiro atoms. The first kappa shape index (κ1) is 9.45. The molecule has 0 saturated heterocycles. The molecule has 0 aliphatic heterocycles. The van der Waals surface area contributed by atoms with Crippen molar-refractivity contribution in [2.45, 2.75) is 6.42 Å². The second-order valence-electron chi connectivity index (χ2n) is 2.95. The van der Waals surface area contributed by atoms with Gasteiger partial charge in [-0.1, -0.05) is 23.4 Å². The monoisotopic (exact) mass is 203 g/mol. The van der Waals surface area contributed by atoms with Gasteiger partial charge in [-0.15, -0.1) is 0 Å². The number of rotatable bonds is 3. The number of carbonyl (C=O) groups excluding carboxylic acids is 1. The summed E-state index contributed by atoms with van der Waals surface area (Å²) in [6, 6.07) is 10.5. The maximum Gasteiger partial charge on any atom is 0.317 e. The predicted molar refractivity (Wildman–Crippen MR) is 52.3 cm³/mol. The van der Waals surface area contributed by atoms with Crippen molar-refractivity contribution >= 4 is 5.97 Å². The average molecular weight is 203 g/mol. The van der Waals surface area contributed by atoms with Gasteiger partial charge in [-0.05, 0) is 12.1 Å². The number of esters is 1. The summed E-state index contributed by atoms with van der Waals surface area (Å²) < 4.78 is 9.67. The van der Waals surface area contributed by atoms with Crippen LogP contribution in [0.3, 0.4) is 0 Å². The van der Waals surface area contributed by atoms with Crippen LogP contribution < -0.4 is 4.74 Å². The summed E-state index contributed by atoms with van der Waals surface area (Å²) in [4.78, 5) is 11.4. The number of aromatic nitrogens is 1. The fourth-order valence-corrected chi connectivity index (χ4v) is 1.13. The maximum absolute atomic E-state index is 11.4. The van der Waals surface area contributed by atoms with Crippen LogP contribution in [0, 0.1) is 0 Å². The van der Waals surface area contributed by atoms with Crippen LogP contribution in [0.2, 0.25) is 0 Å². The third-order valence-electron chi connectivity index (χ3n) is 1.79. The van der Waals surface area contributed by atoms with Gasteiger partial charge in [-0.3, -0.25) is 4.79 Å². The van der Waals surface area contributed by atoms with Crippen LogP contribution in [-0.2, 0) is 11.2 Å². The number of nitrogens with zero attached hydrogens (tertiary/aromatic N) is 1. The van der Waals surface area contributed by atoms with Gasteiger partial charge in [0, 0.05) is 6.07 Å². The van der Waals surface area contributed by atoms with E-state index in [0.29, 0.717) is 11.4 Å². The molecule has 0 aliphatic carbocycles. The van der Waals surface area contributed by atoms with Gasteiger partial charge in [-0.25, -0.2) is 0 Å². The number of para-hydroxylation sites is 1. The van der Waals surface area contributed by atoms with Gasteiger partial charge in [0.1, 0.15) is 12.0 Å². The van der Waals surface area contributed by atoms with Crippen molar-refractivity contribution in [2.75, 3.05) is 0 Å². The first-order valence-electron chi connectivity index (χ1n) is 4.49. The van der Waals surface area contributed by atoms with Crippen molar-refractivity contribution in [1.82, 2.24) is 5.16 Å². The Hall–Kier alpha value is -2.10. The van der Waals surface area contributed by atoms with E-state index in [9.17, 15) is 4.79 Å². The minimum Gasteiger partial charge on any atom is -0.426 e. The van der Waals surface area contributed by atoms with E-state index in [4.69, 9.17) is 4.74 Å². The highest BCUT2D eigenvalue weighted by Gasteiger charge is 2.07. The van der Waals surface area contributed by atoms with E-state index >= 15 is 0 Å². The van der Waals surface area contributed by atoms with E-state index in [1.807, 2.05) is 6.07 Å². The van der Waals surface area contributed by atoms with Crippen LogP contribution in [0.1, 0.15) is 5.69 Å². The van der Waals surface area contributed by atoms with Gasteiger partial charge in [0.15, 0.2) is 0 Å². The van der Waals surface area contributed by atoms with Crippen LogP contribution in [-0.4, -0.2) is 11.1 Å². The zero-order chi connectivity index (χ0) is 10.5. The molecule has 2 aromatic rings. The molecular weight excluding hydrogens is 194 g/mol. The van der Waals surface area contributed by atoms with Crippen molar-refractivity contribution in [1.29, 1.82) is 0 Å². The fourth-order valence-electron chi connectivity index (χ4n) is 1.13. The standard InChI is InChI=1S/C11H9NO3/c13-11(8-9-6-7-14-12-9)15-10-4-2-1-3-5-10/h1-7H,8H2. The molecule has 4 nitrogen and oxygen atoms in total. The molecule has 0 radical (unpaired) electrons. The van der Waals surface area contributed by atoms with Crippen molar-refractivity contribution in [3.8, 4) is 5.75 Å². The molecule has 1 heterocycles. The SMILES string of the molecule is O=C(Cc1ccon1)Oc1ccccc1. The van der Waals surface area contributed by atoms with Crippen LogP contribution >= 0.6 is 0 Å². The molecule has 4 heteroatoms. The summed E-state index contributed by atoms with van der Waals surface area (Å²) in [5.41, 5.74) is 0.566. The van der Waals surface area contributed by atoms with Gasteiger partial charge < -0.3 is 9.26 Å². The van der Waals surface area contributed by atoms with Crippen LogP contribution in [0.4, 0.5) is 0 Å². The highest BCUT2D eigenvalue weighted by Crippen LogP contribution is 2.09. The Bertz CT molecular complexity index is 422. The molecular formula is C11H9NO3. The third-order valence-corrected chi connectivity index (χ3v) is 1.79. The number of carbonyl (C=O) groups is 1. The first-order chi connectivity index (χ1) is 7.34. The zero-order valence-electron chi connectivity index (χ0n) is 7.92. The minimum atomic E-state index is -0.352. The van der Waals surface area contributed by atoms with Gasteiger partial charge in [-0.2, -0.15) is 0 Å². The van der Waals surface area contributed by atoms with E-state index in [1.165, 1.54) is 6.26 Å². The third kappa shape index (κ3) is 2.67. The summed E-state index contributed by atoms with van der Waals surface area (Å²) in [5, 5.41) is 3.62. The number of benzene rings is 1. The lowest BCUT2D eigenvalue weighted by molar-refractivity contribution is -0.133. The first-order valence-corrected chi connectivity index (χ1v) is 4.49.